The molecule has 23 heavy (non-hydrogen) atoms. The predicted octanol–water partition coefficient (Wildman–Crippen LogP) is 3.11. The molecule has 0 fully saturated rings. The number of fused-ring (bicyclic) bond motifs is 1. The molecule has 0 aliphatic carbocycles. The summed E-state index contributed by atoms with van der Waals surface area (Å²) in [5.74, 6) is -1.73. The quantitative estimate of drug-likeness (QED) is 0.574. The van der Waals surface area contributed by atoms with E-state index in [0.717, 1.165) is 11.1 Å². The number of hydrogen-bond acceptors (Lipinski definition) is 2. The number of benzene rings is 2. The van der Waals surface area contributed by atoms with Gasteiger partial charge in [0.1, 0.15) is 5.82 Å². The van der Waals surface area contributed by atoms with Crippen molar-refractivity contribution >= 4 is 22.6 Å². The summed E-state index contributed by atoms with van der Waals surface area (Å²) in [4.78, 5) is 27.1. The topological polar surface area (TPSA) is 62.0 Å². The molecule has 3 rings (SSSR count). The highest BCUT2D eigenvalue weighted by atomic mass is 19.1. The highest BCUT2D eigenvalue weighted by Gasteiger charge is 2.19. The maximum absolute atomic E-state index is 13.2. The van der Waals surface area contributed by atoms with Crippen molar-refractivity contribution in [1.29, 1.82) is 0 Å². The summed E-state index contributed by atoms with van der Waals surface area (Å²) in [6.07, 6.45) is 1.43. The average Bonchev–Trinajstić information content (AvgIpc) is 2.94. The Morgan fingerprint density at radius 1 is 1.17 bits per heavy atom. The third-order valence-electron chi connectivity index (χ3n) is 3.63. The Morgan fingerprint density at radius 3 is 2.78 bits per heavy atom. The number of halogens is 1. The number of carbonyl (C=O) groups excluding carboxylic acids is 2. The fourth-order valence-electron chi connectivity index (χ4n) is 2.49. The number of aryl methyl sites for hydroxylation is 1. The molecule has 0 unspecified atom stereocenters. The number of amides is 1. The molecule has 3 aromatic rings. The van der Waals surface area contributed by atoms with Gasteiger partial charge in [0, 0.05) is 23.6 Å². The number of ketones is 1. The van der Waals surface area contributed by atoms with E-state index in [-0.39, 0.29) is 12.1 Å². The first-order valence-electron chi connectivity index (χ1n) is 7.19. The largest absolute Gasteiger partial charge is 0.360 e. The lowest BCUT2D eigenvalue weighted by Crippen LogP contribution is -2.30. The molecule has 0 atom stereocenters. The minimum absolute atomic E-state index is 0.238. The molecule has 0 spiro atoms. The zero-order valence-electron chi connectivity index (χ0n) is 12.5. The van der Waals surface area contributed by atoms with Crippen LogP contribution in [-0.2, 0) is 11.3 Å². The van der Waals surface area contributed by atoms with Crippen LogP contribution in [0.3, 0.4) is 0 Å². The van der Waals surface area contributed by atoms with Crippen LogP contribution in [0.25, 0.3) is 10.9 Å². The highest BCUT2D eigenvalue weighted by Crippen LogP contribution is 2.19. The fraction of sp³-hybridized carbons (Fsp3) is 0.111. The van der Waals surface area contributed by atoms with E-state index in [4.69, 9.17) is 0 Å². The van der Waals surface area contributed by atoms with Gasteiger partial charge in [0.15, 0.2) is 0 Å². The van der Waals surface area contributed by atoms with Gasteiger partial charge < -0.3 is 10.3 Å². The molecule has 2 N–H and O–H groups in total. The Bertz CT molecular complexity index is 899. The van der Waals surface area contributed by atoms with Crippen molar-refractivity contribution in [2.75, 3.05) is 0 Å². The normalized spacial score (nSPS) is 10.7. The number of aromatic nitrogens is 1. The number of rotatable bonds is 4. The second kappa shape index (κ2) is 6.04. The molecule has 2 aromatic carbocycles. The van der Waals surface area contributed by atoms with Gasteiger partial charge in [0.2, 0.25) is 0 Å². The SMILES string of the molecule is Cc1cccc(CNC(=O)C(=O)c2c[nH]c3cc(F)ccc23)c1. The molecule has 5 heteroatoms. The Morgan fingerprint density at radius 2 is 2.00 bits per heavy atom. The first kappa shape index (κ1) is 15.0. The molecule has 0 radical (unpaired) electrons. The molecule has 0 bridgehead atoms. The zero-order valence-corrected chi connectivity index (χ0v) is 12.5. The van der Waals surface area contributed by atoms with Crippen LogP contribution >= 0.6 is 0 Å². The van der Waals surface area contributed by atoms with Gasteiger partial charge >= 0.3 is 0 Å². The lowest BCUT2D eigenvalue weighted by atomic mass is 10.1. The number of aromatic amines is 1. The summed E-state index contributed by atoms with van der Waals surface area (Å²) in [5, 5.41) is 3.14. The van der Waals surface area contributed by atoms with Gasteiger partial charge in [-0.15, -0.1) is 0 Å². The van der Waals surface area contributed by atoms with Crippen molar-refractivity contribution < 1.29 is 14.0 Å². The molecule has 0 saturated carbocycles. The van der Waals surface area contributed by atoms with Crippen LogP contribution in [0.15, 0.2) is 48.7 Å². The van der Waals surface area contributed by atoms with Gasteiger partial charge in [0.25, 0.3) is 11.7 Å². The van der Waals surface area contributed by atoms with E-state index in [2.05, 4.69) is 10.3 Å². The molecular weight excluding hydrogens is 295 g/mol. The zero-order chi connectivity index (χ0) is 16.4. The predicted molar refractivity (Wildman–Crippen MR) is 85.6 cm³/mol. The number of carbonyl (C=O) groups is 2. The lowest BCUT2D eigenvalue weighted by Gasteiger charge is -2.05. The summed E-state index contributed by atoms with van der Waals surface area (Å²) in [5.41, 5.74) is 2.73. The number of nitrogens with one attached hydrogen (secondary N) is 2. The second-order valence-corrected chi connectivity index (χ2v) is 5.39. The van der Waals surface area contributed by atoms with Crippen molar-refractivity contribution in [2.24, 2.45) is 0 Å². The first-order valence-corrected chi connectivity index (χ1v) is 7.19. The van der Waals surface area contributed by atoms with E-state index in [9.17, 15) is 14.0 Å². The molecule has 4 nitrogen and oxygen atoms in total. The molecular formula is C18H15FN2O2. The van der Waals surface area contributed by atoms with Gasteiger partial charge in [-0.3, -0.25) is 9.59 Å². The van der Waals surface area contributed by atoms with Gasteiger partial charge in [-0.25, -0.2) is 4.39 Å². The first-order chi connectivity index (χ1) is 11.0. The third-order valence-corrected chi connectivity index (χ3v) is 3.63. The van der Waals surface area contributed by atoms with Crippen LogP contribution < -0.4 is 5.32 Å². The lowest BCUT2D eigenvalue weighted by molar-refractivity contribution is -0.117. The van der Waals surface area contributed by atoms with Crippen molar-refractivity contribution in [3.05, 3.63) is 71.2 Å². The molecule has 0 aliphatic heterocycles. The average molecular weight is 310 g/mol. The summed E-state index contributed by atoms with van der Waals surface area (Å²) in [6, 6.07) is 11.7. The van der Waals surface area contributed by atoms with Gasteiger partial charge in [0.05, 0.1) is 5.56 Å². The van der Waals surface area contributed by atoms with Crippen molar-refractivity contribution in [1.82, 2.24) is 10.3 Å². The number of H-pyrrole nitrogens is 1. The van der Waals surface area contributed by atoms with Crippen LogP contribution in [0, 0.1) is 12.7 Å². The Kier molecular flexibility index (Phi) is 3.93. The summed E-state index contributed by atoms with van der Waals surface area (Å²) in [7, 11) is 0. The van der Waals surface area contributed by atoms with Crippen LogP contribution in [0.5, 0.6) is 0 Å². The maximum Gasteiger partial charge on any atom is 0.292 e. The van der Waals surface area contributed by atoms with Gasteiger partial charge in [-0.05, 0) is 30.7 Å². The van der Waals surface area contributed by atoms with E-state index in [1.165, 1.54) is 24.4 Å². The van der Waals surface area contributed by atoms with E-state index < -0.39 is 17.5 Å². The van der Waals surface area contributed by atoms with E-state index in [1.807, 2.05) is 31.2 Å². The Labute approximate surface area is 132 Å². The highest BCUT2D eigenvalue weighted by molar-refractivity contribution is 6.44. The van der Waals surface area contributed by atoms with Crippen LogP contribution in [-0.4, -0.2) is 16.7 Å². The fourth-order valence-corrected chi connectivity index (χ4v) is 2.49. The second-order valence-electron chi connectivity index (χ2n) is 5.39. The Balaban J connectivity index is 1.75. The Hall–Kier alpha value is -2.95. The summed E-state index contributed by atoms with van der Waals surface area (Å²) in [6.45, 7) is 2.24. The number of hydrogen-bond donors (Lipinski definition) is 2. The van der Waals surface area contributed by atoms with Gasteiger partial charge in [-0.1, -0.05) is 29.8 Å². The van der Waals surface area contributed by atoms with E-state index >= 15 is 0 Å². The summed E-state index contributed by atoms with van der Waals surface area (Å²) < 4.78 is 13.2. The monoisotopic (exact) mass is 310 g/mol. The molecule has 116 valence electrons. The molecule has 1 amide bonds. The minimum atomic E-state index is -0.684. The van der Waals surface area contributed by atoms with E-state index in [0.29, 0.717) is 10.9 Å². The van der Waals surface area contributed by atoms with Crippen LogP contribution in [0.1, 0.15) is 21.5 Å². The summed E-state index contributed by atoms with van der Waals surface area (Å²) >= 11 is 0. The van der Waals surface area contributed by atoms with Crippen molar-refractivity contribution in [3.8, 4) is 0 Å². The smallest absolute Gasteiger partial charge is 0.292 e. The molecule has 1 aromatic heterocycles. The van der Waals surface area contributed by atoms with Crippen LogP contribution in [0.4, 0.5) is 4.39 Å². The standard InChI is InChI=1S/C18H15FN2O2/c1-11-3-2-4-12(7-11)9-21-18(23)17(22)15-10-20-16-8-13(19)5-6-14(15)16/h2-8,10,20H,9H2,1H3,(H,21,23). The van der Waals surface area contributed by atoms with Crippen molar-refractivity contribution in [2.45, 2.75) is 13.5 Å². The molecule has 0 aliphatic rings. The molecule has 0 saturated heterocycles. The van der Waals surface area contributed by atoms with Gasteiger partial charge in [-0.2, -0.15) is 0 Å². The number of Topliss-reactive ketones (excluding diaryl/α,β-unsaturated/α-hetero) is 1. The minimum Gasteiger partial charge on any atom is -0.360 e. The van der Waals surface area contributed by atoms with E-state index in [1.54, 1.807) is 0 Å². The molecule has 1 heterocycles. The van der Waals surface area contributed by atoms with Crippen LogP contribution in [0.2, 0.25) is 0 Å². The maximum atomic E-state index is 13.2. The van der Waals surface area contributed by atoms with Crippen molar-refractivity contribution in [3.63, 3.8) is 0 Å². The third kappa shape index (κ3) is 3.13.